The second-order valence-corrected chi connectivity index (χ2v) is 8.29. The van der Waals surface area contributed by atoms with Crippen LogP contribution in [0.3, 0.4) is 0 Å². The number of hydrogen-bond acceptors (Lipinski definition) is 6. The fourth-order valence-corrected chi connectivity index (χ4v) is 3.27. The Kier molecular flexibility index (Phi) is 4.89. The topological polar surface area (TPSA) is 93.3 Å². The van der Waals surface area contributed by atoms with Gasteiger partial charge in [-0.25, -0.2) is 8.42 Å². The monoisotopic (exact) mass is 344 g/mol. The van der Waals surface area contributed by atoms with Crippen LogP contribution >= 0.6 is 11.6 Å². The molecule has 1 N–H and O–H groups in total. The van der Waals surface area contributed by atoms with Crippen molar-refractivity contribution in [2.24, 2.45) is 0 Å². The molecule has 22 heavy (non-hydrogen) atoms. The fourth-order valence-electron chi connectivity index (χ4n) is 1.70. The van der Waals surface area contributed by atoms with Gasteiger partial charge in [-0.15, -0.1) is 0 Å². The molecule has 6 nitrogen and oxygen atoms in total. The third kappa shape index (κ3) is 5.08. The van der Waals surface area contributed by atoms with E-state index in [-0.39, 0.29) is 23.8 Å². The molecule has 0 spiro atoms. The van der Waals surface area contributed by atoms with Gasteiger partial charge in [-0.05, 0) is 44.5 Å². The molecular weight excluding hydrogens is 328 g/mol. The van der Waals surface area contributed by atoms with Crippen LogP contribution in [0.15, 0.2) is 28.8 Å². The largest absolute Gasteiger partial charge is 0.390 e. The zero-order valence-corrected chi connectivity index (χ0v) is 13.9. The second-order valence-electron chi connectivity index (χ2n) is 5.67. The predicted octanol–water partition coefficient (Wildman–Crippen LogP) is 2.47. The van der Waals surface area contributed by atoms with Crippen LogP contribution in [-0.4, -0.2) is 35.0 Å². The summed E-state index contributed by atoms with van der Waals surface area (Å²) in [5, 5.41) is 13.9. The first-order valence-electron chi connectivity index (χ1n) is 6.66. The van der Waals surface area contributed by atoms with E-state index in [4.69, 9.17) is 16.1 Å². The summed E-state index contributed by atoms with van der Waals surface area (Å²) in [6.45, 7) is 3.13. The quantitative estimate of drug-likeness (QED) is 0.865. The van der Waals surface area contributed by atoms with Gasteiger partial charge in [-0.1, -0.05) is 16.8 Å². The Morgan fingerprint density at radius 1 is 1.27 bits per heavy atom. The lowest BCUT2D eigenvalue weighted by Crippen LogP contribution is -2.24. The highest BCUT2D eigenvalue weighted by Crippen LogP contribution is 2.19. The van der Waals surface area contributed by atoms with Crippen molar-refractivity contribution in [2.45, 2.75) is 31.6 Å². The minimum absolute atomic E-state index is 0.0284. The minimum Gasteiger partial charge on any atom is -0.390 e. The van der Waals surface area contributed by atoms with Crippen molar-refractivity contribution in [3.8, 4) is 11.4 Å². The Balaban J connectivity index is 2.07. The van der Waals surface area contributed by atoms with Gasteiger partial charge >= 0.3 is 0 Å². The van der Waals surface area contributed by atoms with E-state index in [9.17, 15) is 13.5 Å². The molecule has 0 saturated carbocycles. The highest BCUT2D eigenvalue weighted by molar-refractivity contribution is 7.90. The molecule has 1 heterocycles. The smallest absolute Gasteiger partial charge is 0.242 e. The number of nitrogens with zero attached hydrogens (tertiary/aromatic N) is 2. The number of aliphatic hydroxyl groups is 1. The van der Waals surface area contributed by atoms with E-state index >= 15 is 0 Å². The first-order chi connectivity index (χ1) is 10.1. The van der Waals surface area contributed by atoms with Crippen molar-refractivity contribution in [3.05, 3.63) is 35.2 Å². The second kappa shape index (κ2) is 6.36. The summed E-state index contributed by atoms with van der Waals surface area (Å²) in [5.74, 6) is -0.149. The maximum Gasteiger partial charge on any atom is 0.242 e. The molecule has 8 heteroatoms. The maximum atomic E-state index is 12.0. The number of hydrogen-bond donors (Lipinski definition) is 1. The van der Waals surface area contributed by atoms with Crippen molar-refractivity contribution >= 4 is 21.4 Å². The average molecular weight is 345 g/mol. The van der Waals surface area contributed by atoms with E-state index in [1.807, 2.05) is 0 Å². The highest BCUT2D eigenvalue weighted by Gasteiger charge is 2.22. The van der Waals surface area contributed by atoms with Gasteiger partial charge in [-0.2, -0.15) is 4.98 Å². The Morgan fingerprint density at radius 2 is 1.91 bits per heavy atom. The van der Waals surface area contributed by atoms with Crippen LogP contribution in [0.4, 0.5) is 0 Å². The summed E-state index contributed by atoms with van der Waals surface area (Å²) in [6, 6.07) is 6.82. The molecule has 1 aromatic heterocycles. The molecule has 0 atom stereocenters. The van der Waals surface area contributed by atoms with E-state index < -0.39 is 15.4 Å². The highest BCUT2D eigenvalue weighted by atomic mass is 35.5. The molecule has 2 aromatic rings. The number of sulfone groups is 1. The predicted molar refractivity (Wildman–Crippen MR) is 83.1 cm³/mol. The zero-order chi connectivity index (χ0) is 16.4. The minimum atomic E-state index is -3.42. The Labute approximate surface area is 134 Å². The van der Waals surface area contributed by atoms with Crippen LogP contribution in [-0.2, 0) is 15.6 Å². The van der Waals surface area contributed by atoms with E-state index in [1.54, 1.807) is 38.1 Å². The SMILES string of the molecule is CC(C)(O)CCS(=O)(=O)Cc1nc(-c2ccc(Cl)cc2)no1. The lowest BCUT2D eigenvalue weighted by atomic mass is 10.1. The third-order valence-corrected chi connectivity index (χ3v) is 4.70. The molecule has 0 aliphatic heterocycles. The standard InChI is InChI=1S/C14H17ClN2O4S/c1-14(2,18)7-8-22(19,20)9-12-16-13(17-21-12)10-3-5-11(15)6-4-10/h3-6,18H,7-9H2,1-2H3. The summed E-state index contributed by atoms with van der Waals surface area (Å²) >= 11 is 5.80. The summed E-state index contributed by atoms with van der Waals surface area (Å²) in [6.07, 6.45) is 0.146. The van der Waals surface area contributed by atoms with Crippen LogP contribution in [0.5, 0.6) is 0 Å². The summed E-state index contributed by atoms with van der Waals surface area (Å²) in [4.78, 5) is 4.08. The Hall–Kier alpha value is -1.44. The molecule has 0 radical (unpaired) electrons. The molecule has 0 amide bonds. The third-order valence-electron chi connectivity index (χ3n) is 2.94. The molecule has 0 bridgehead atoms. The van der Waals surface area contributed by atoms with E-state index in [2.05, 4.69) is 10.1 Å². The van der Waals surface area contributed by atoms with Crippen molar-refractivity contribution in [1.82, 2.24) is 10.1 Å². The summed E-state index contributed by atoms with van der Waals surface area (Å²) < 4.78 is 28.9. The van der Waals surface area contributed by atoms with E-state index in [0.717, 1.165) is 0 Å². The number of benzene rings is 1. The van der Waals surface area contributed by atoms with Crippen molar-refractivity contribution in [1.29, 1.82) is 0 Å². The van der Waals surface area contributed by atoms with E-state index in [0.29, 0.717) is 16.4 Å². The number of halogens is 1. The average Bonchev–Trinajstić information content (AvgIpc) is 2.84. The van der Waals surface area contributed by atoms with Gasteiger partial charge in [0.2, 0.25) is 11.7 Å². The molecule has 2 rings (SSSR count). The Bertz CT molecular complexity index is 733. The molecule has 1 aromatic carbocycles. The van der Waals surface area contributed by atoms with Gasteiger partial charge in [-0.3, -0.25) is 0 Å². The number of aromatic nitrogens is 2. The maximum absolute atomic E-state index is 12.0. The summed E-state index contributed by atoms with van der Waals surface area (Å²) in [5.41, 5.74) is -0.343. The van der Waals surface area contributed by atoms with Crippen LogP contribution in [0.1, 0.15) is 26.2 Å². The molecule has 0 aliphatic rings. The number of rotatable bonds is 6. The Morgan fingerprint density at radius 3 is 2.50 bits per heavy atom. The van der Waals surface area contributed by atoms with Crippen LogP contribution in [0.2, 0.25) is 5.02 Å². The fraction of sp³-hybridized carbons (Fsp3) is 0.429. The molecule has 0 fully saturated rings. The zero-order valence-electron chi connectivity index (χ0n) is 12.3. The van der Waals surface area contributed by atoms with Crippen LogP contribution in [0.25, 0.3) is 11.4 Å². The normalized spacial score (nSPS) is 12.5. The van der Waals surface area contributed by atoms with Crippen molar-refractivity contribution < 1.29 is 18.0 Å². The van der Waals surface area contributed by atoms with Gasteiger partial charge in [0, 0.05) is 10.6 Å². The summed E-state index contributed by atoms with van der Waals surface area (Å²) in [7, 11) is -3.42. The van der Waals surface area contributed by atoms with Gasteiger partial charge in [0.05, 0.1) is 11.4 Å². The molecule has 0 aliphatic carbocycles. The van der Waals surface area contributed by atoms with Crippen molar-refractivity contribution in [2.75, 3.05) is 5.75 Å². The van der Waals surface area contributed by atoms with Crippen molar-refractivity contribution in [3.63, 3.8) is 0 Å². The lowest BCUT2D eigenvalue weighted by molar-refractivity contribution is 0.0772. The van der Waals surface area contributed by atoms with Gasteiger partial charge in [0.15, 0.2) is 9.84 Å². The first-order valence-corrected chi connectivity index (χ1v) is 8.86. The molecule has 0 unspecified atom stereocenters. The lowest BCUT2D eigenvalue weighted by Gasteiger charge is -2.15. The molecular formula is C14H17ClN2O4S. The van der Waals surface area contributed by atoms with Gasteiger partial charge in [0.1, 0.15) is 5.75 Å². The van der Waals surface area contributed by atoms with Crippen LogP contribution in [0, 0.1) is 0 Å². The molecule has 120 valence electrons. The van der Waals surface area contributed by atoms with Crippen LogP contribution < -0.4 is 0 Å². The first kappa shape index (κ1) is 16.9. The van der Waals surface area contributed by atoms with Gasteiger partial charge in [0.25, 0.3) is 0 Å². The molecule has 0 saturated heterocycles. The van der Waals surface area contributed by atoms with Gasteiger partial charge < -0.3 is 9.63 Å². The van der Waals surface area contributed by atoms with E-state index in [1.165, 1.54) is 0 Å².